The predicted molar refractivity (Wildman–Crippen MR) is 53.8 cm³/mol. The van der Waals surface area contributed by atoms with E-state index in [-0.39, 0.29) is 11.8 Å². The topological polar surface area (TPSA) is 37.4 Å². The first kappa shape index (κ1) is 9.15. The second-order valence-corrected chi connectivity index (χ2v) is 3.92. The van der Waals surface area contributed by atoms with Crippen molar-refractivity contribution in [1.29, 1.82) is 0 Å². The van der Waals surface area contributed by atoms with Crippen LogP contribution in [0.5, 0.6) is 0 Å². The zero-order valence-electron chi connectivity index (χ0n) is 7.69. The molecular formula is C10H9NO2S. The van der Waals surface area contributed by atoms with Crippen LogP contribution in [-0.4, -0.2) is 16.7 Å². The number of carbonyl (C=O) groups is 2. The van der Waals surface area contributed by atoms with Gasteiger partial charge in [-0.05, 0) is 28.8 Å². The van der Waals surface area contributed by atoms with E-state index in [4.69, 9.17) is 0 Å². The molecule has 0 fully saturated rings. The van der Waals surface area contributed by atoms with Crippen LogP contribution in [-0.2, 0) is 16.1 Å². The summed E-state index contributed by atoms with van der Waals surface area (Å²) < 4.78 is 0. The molecule has 1 aliphatic rings. The molecule has 0 bridgehead atoms. The van der Waals surface area contributed by atoms with Crippen molar-refractivity contribution < 1.29 is 9.59 Å². The van der Waals surface area contributed by atoms with Crippen LogP contribution in [0.3, 0.4) is 0 Å². The molecule has 0 atom stereocenters. The molecule has 0 saturated heterocycles. The summed E-state index contributed by atoms with van der Waals surface area (Å²) in [6.45, 7) is 2.37. The maximum Gasteiger partial charge on any atom is 0.253 e. The summed E-state index contributed by atoms with van der Waals surface area (Å²) in [4.78, 5) is 23.7. The van der Waals surface area contributed by atoms with Crippen molar-refractivity contribution in [2.45, 2.75) is 13.5 Å². The van der Waals surface area contributed by atoms with Crippen LogP contribution >= 0.6 is 11.3 Å². The molecular weight excluding hydrogens is 198 g/mol. The van der Waals surface area contributed by atoms with E-state index in [2.05, 4.69) is 0 Å². The molecule has 0 aromatic carbocycles. The largest absolute Gasteiger partial charge is 0.271 e. The third-order valence-corrected chi connectivity index (χ3v) is 3.10. The highest BCUT2D eigenvalue weighted by Gasteiger charge is 2.23. The summed E-state index contributed by atoms with van der Waals surface area (Å²) in [5.41, 5.74) is 2.17. The highest BCUT2D eigenvalue weighted by molar-refractivity contribution is 7.08. The Morgan fingerprint density at radius 3 is 2.36 bits per heavy atom. The van der Waals surface area contributed by atoms with E-state index < -0.39 is 0 Å². The average Bonchev–Trinajstić information content (AvgIpc) is 2.67. The van der Waals surface area contributed by atoms with Crippen LogP contribution in [0.1, 0.15) is 11.1 Å². The lowest BCUT2D eigenvalue weighted by molar-refractivity contribution is -0.137. The van der Waals surface area contributed by atoms with E-state index >= 15 is 0 Å². The molecule has 3 nitrogen and oxygen atoms in total. The lowest BCUT2D eigenvalue weighted by atomic mass is 10.2. The van der Waals surface area contributed by atoms with Crippen molar-refractivity contribution in [3.63, 3.8) is 0 Å². The summed E-state index contributed by atoms with van der Waals surface area (Å²) in [5, 5.41) is 3.97. The quantitative estimate of drug-likeness (QED) is 0.689. The second-order valence-electron chi connectivity index (χ2n) is 3.18. The molecule has 72 valence electrons. The Morgan fingerprint density at radius 2 is 1.86 bits per heavy atom. The molecule has 4 heteroatoms. The van der Waals surface area contributed by atoms with Gasteiger partial charge in [0.1, 0.15) is 0 Å². The van der Waals surface area contributed by atoms with Crippen LogP contribution in [0.25, 0.3) is 0 Å². The Hall–Kier alpha value is -1.42. The van der Waals surface area contributed by atoms with E-state index in [0.29, 0.717) is 6.54 Å². The first-order chi connectivity index (χ1) is 6.68. The van der Waals surface area contributed by atoms with Crippen LogP contribution in [0.4, 0.5) is 0 Å². The Labute approximate surface area is 85.6 Å². The number of thiophene rings is 1. The van der Waals surface area contributed by atoms with Gasteiger partial charge in [0.25, 0.3) is 11.8 Å². The molecule has 14 heavy (non-hydrogen) atoms. The fraction of sp³-hybridized carbons (Fsp3) is 0.200. The van der Waals surface area contributed by atoms with Gasteiger partial charge in [-0.1, -0.05) is 0 Å². The fourth-order valence-corrected chi connectivity index (χ4v) is 2.15. The fourth-order valence-electron chi connectivity index (χ4n) is 1.31. The molecule has 0 saturated carbocycles. The standard InChI is InChI=1S/C10H9NO2S/c1-7-5-14-6-8(7)4-11-9(12)2-3-10(11)13/h2-3,5-6H,4H2,1H3. The van der Waals surface area contributed by atoms with Crippen molar-refractivity contribution in [3.05, 3.63) is 34.0 Å². The summed E-state index contributed by atoms with van der Waals surface area (Å²) in [7, 11) is 0. The average molecular weight is 207 g/mol. The minimum Gasteiger partial charge on any atom is -0.271 e. The lowest BCUT2D eigenvalue weighted by Crippen LogP contribution is -2.29. The zero-order chi connectivity index (χ0) is 10.1. The monoisotopic (exact) mass is 207 g/mol. The van der Waals surface area contributed by atoms with E-state index in [0.717, 1.165) is 11.1 Å². The molecule has 0 N–H and O–H groups in total. The minimum absolute atomic E-state index is 0.222. The van der Waals surface area contributed by atoms with Crippen molar-refractivity contribution in [3.8, 4) is 0 Å². The van der Waals surface area contributed by atoms with E-state index in [1.54, 1.807) is 11.3 Å². The zero-order valence-corrected chi connectivity index (χ0v) is 8.50. The number of aryl methyl sites for hydroxylation is 1. The van der Waals surface area contributed by atoms with Crippen LogP contribution in [0.15, 0.2) is 22.9 Å². The summed E-state index contributed by atoms with van der Waals surface area (Å²) in [6.07, 6.45) is 2.62. The molecule has 2 heterocycles. The molecule has 2 amide bonds. The van der Waals surface area contributed by atoms with Crippen molar-refractivity contribution >= 4 is 23.2 Å². The van der Waals surface area contributed by atoms with E-state index in [1.165, 1.54) is 17.1 Å². The third kappa shape index (κ3) is 1.48. The van der Waals surface area contributed by atoms with Gasteiger partial charge in [-0.15, -0.1) is 0 Å². The van der Waals surface area contributed by atoms with Crippen LogP contribution in [0.2, 0.25) is 0 Å². The molecule has 0 radical (unpaired) electrons. The van der Waals surface area contributed by atoms with Crippen molar-refractivity contribution in [2.75, 3.05) is 0 Å². The van der Waals surface area contributed by atoms with Crippen LogP contribution in [0, 0.1) is 6.92 Å². The number of imide groups is 1. The van der Waals surface area contributed by atoms with Gasteiger partial charge >= 0.3 is 0 Å². The Morgan fingerprint density at radius 1 is 1.21 bits per heavy atom. The Bertz CT molecular complexity index is 402. The van der Waals surface area contributed by atoms with Crippen molar-refractivity contribution in [1.82, 2.24) is 4.90 Å². The molecule has 0 unspecified atom stereocenters. The third-order valence-electron chi connectivity index (χ3n) is 2.19. The molecule has 1 aromatic heterocycles. The number of amides is 2. The first-order valence-corrected chi connectivity index (χ1v) is 5.18. The summed E-state index contributed by atoms with van der Waals surface area (Å²) in [5.74, 6) is -0.443. The van der Waals surface area contributed by atoms with Crippen molar-refractivity contribution in [2.24, 2.45) is 0 Å². The van der Waals surface area contributed by atoms with Gasteiger partial charge in [0, 0.05) is 12.2 Å². The Balaban J connectivity index is 2.16. The van der Waals surface area contributed by atoms with Gasteiger partial charge in [-0.25, -0.2) is 0 Å². The highest BCUT2D eigenvalue weighted by Crippen LogP contribution is 2.17. The number of hydrogen-bond donors (Lipinski definition) is 0. The van der Waals surface area contributed by atoms with Crippen LogP contribution < -0.4 is 0 Å². The molecule has 2 rings (SSSR count). The maximum atomic E-state index is 11.2. The highest BCUT2D eigenvalue weighted by atomic mass is 32.1. The number of carbonyl (C=O) groups excluding carboxylic acids is 2. The first-order valence-electron chi connectivity index (χ1n) is 4.23. The van der Waals surface area contributed by atoms with Gasteiger partial charge in [0.05, 0.1) is 6.54 Å². The summed E-state index contributed by atoms with van der Waals surface area (Å²) in [6, 6.07) is 0. The number of rotatable bonds is 2. The predicted octanol–water partition coefficient (Wildman–Crippen LogP) is 1.48. The SMILES string of the molecule is Cc1cscc1CN1C(=O)C=CC1=O. The van der Waals surface area contributed by atoms with Gasteiger partial charge < -0.3 is 0 Å². The normalized spacial score (nSPS) is 15.6. The lowest BCUT2D eigenvalue weighted by Gasteiger charge is -2.12. The Kier molecular flexibility index (Phi) is 2.21. The minimum atomic E-state index is -0.222. The summed E-state index contributed by atoms with van der Waals surface area (Å²) >= 11 is 1.58. The number of nitrogens with zero attached hydrogens (tertiary/aromatic N) is 1. The molecule has 1 aromatic rings. The second kappa shape index (κ2) is 3.38. The van der Waals surface area contributed by atoms with Gasteiger partial charge in [0.2, 0.25) is 0 Å². The maximum absolute atomic E-state index is 11.2. The van der Waals surface area contributed by atoms with E-state index in [1.807, 2.05) is 17.7 Å². The smallest absolute Gasteiger partial charge is 0.253 e. The van der Waals surface area contributed by atoms with E-state index in [9.17, 15) is 9.59 Å². The molecule has 0 spiro atoms. The number of hydrogen-bond acceptors (Lipinski definition) is 3. The van der Waals surface area contributed by atoms with Gasteiger partial charge in [-0.3, -0.25) is 14.5 Å². The molecule has 0 aliphatic carbocycles. The van der Waals surface area contributed by atoms with Gasteiger partial charge in [0.15, 0.2) is 0 Å². The molecule has 1 aliphatic heterocycles. The van der Waals surface area contributed by atoms with Gasteiger partial charge in [-0.2, -0.15) is 11.3 Å².